The molecule has 0 saturated heterocycles. The number of unbranched alkanes of at least 4 members (excludes halogenated alkanes) is 3. The molecule has 1 N–H and O–H groups in total. The predicted molar refractivity (Wildman–Crippen MR) is 111 cm³/mol. The molecule has 3 nitrogen and oxygen atoms in total. The van der Waals surface area contributed by atoms with Crippen molar-refractivity contribution in [1.82, 2.24) is 0 Å². The Morgan fingerprint density at radius 1 is 1.12 bits per heavy atom. The maximum absolute atomic E-state index is 11.1. The van der Waals surface area contributed by atoms with Gasteiger partial charge in [0, 0.05) is 5.71 Å². The van der Waals surface area contributed by atoms with Gasteiger partial charge >= 0.3 is 37.1 Å². The molecule has 26 heavy (non-hydrogen) atoms. The molecule has 0 heterocycles. The summed E-state index contributed by atoms with van der Waals surface area (Å²) in [7, 11) is 0. The van der Waals surface area contributed by atoms with Crippen LogP contribution in [0.3, 0.4) is 0 Å². The maximum atomic E-state index is 11.1. The molecule has 146 valence electrons. The Labute approximate surface area is 185 Å². The Hall–Kier alpha value is -0.588. The van der Waals surface area contributed by atoms with E-state index in [-0.39, 0.29) is 36.7 Å². The van der Waals surface area contributed by atoms with Gasteiger partial charge in [-0.1, -0.05) is 52.2 Å². The first kappa shape index (κ1) is 30.1. The van der Waals surface area contributed by atoms with Crippen LogP contribution in [-0.2, 0) is 0 Å². The number of aliphatic imine (C=N–C) groups is 1. The van der Waals surface area contributed by atoms with Crippen molar-refractivity contribution in [2.24, 2.45) is 4.99 Å². The van der Waals surface area contributed by atoms with E-state index in [0.717, 1.165) is 43.4 Å². The van der Waals surface area contributed by atoms with Crippen LogP contribution >= 0.6 is 0 Å². The molecule has 0 aliphatic heterocycles. The fourth-order valence-corrected chi connectivity index (χ4v) is 1.91. The van der Waals surface area contributed by atoms with Crippen LogP contribution in [0.5, 0.6) is 0 Å². The van der Waals surface area contributed by atoms with E-state index in [0.29, 0.717) is 5.69 Å². The van der Waals surface area contributed by atoms with E-state index in [1.807, 2.05) is 26.8 Å². The van der Waals surface area contributed by atoms with Crippen molar-refractivity contribution < 1.29 is 41.0 Å². The summed E-state index contributed by atoms with van der Waals surface area (Å²) >= 11 is 0. The second-order valence-electron chi connectivity index (χ2n) is 5.93. The number of aryl methyl sites for hydroxylation is 1. The van der Waals surface area contributed by atoms with E-state index in [1.165, 1.54) is 12.8 Å². The van der Waals surface area contributed by atoms with Gasteiger partial charge in [0.2, 0.25) is 0 Å². The molecular weight excluding hydrogens is 548 g/mol. The van der Waals surface area contributed by atoms with Crippen LogP contribution in [0.25, 0.3) is 0 Å². The minimum Gasteiger partial charge on any atom is -0.478 e. The number of benzene rings is 1. The van der Waals surface area contributed by atoms with Crippen LogP contribution in [0.2, 0.25) is 0 Å². The third-order valence-electron chi connectivity index (χ3n) is 3.27. The number of para-hydroxylation sites is 1. The number of hydrogen-bond donors (Lipinski definition) is 1. The van der Waals surface area contributed by atoms with Crippen molar-refractivity contribution in [3.63, 3.8) is 0 Å². The predicted octanol–water partition coefficient (Wildman–Crippen LogP) is 7.22. The SMILES string of the molecule is CCCCC(C)=Nc1c(C)cccc1C(=O)O.[CH2-]CC.[CH2-]CCCC.[U+2]. The molecule has 1 aromatic rings. The first-order valence-corrected chi connectivity index (χ1v) is 9.34. The third kappa shape index (κ3) is 15.7. The van der Waals surface area contributed by atoms with Gasteiger partial charge < -0.3 is 19.0 Å². The summed E-state index contributed by atoms with van der Waals surface area (Å²) in [4.78, 5) is 15.6. The Bertz CT molecular complexity index is 497. The van der Waals surface area contributed by atoms with E-state index >= 15 is 0 Å². The molecule has 0 aliphatic rings. The molecule has 0 saturated carbocycles. The molecule has 1 aromatic carbocycles. The number of hydrogen-bond acceptors (Lipinski definition) is 2. The molecule has 0 aliphatic carbocycles. The summed E-state index contributed by atoms with van der Waals surface area (Å²) in [5.74, 6) is -0.921. The van der Waals surface area contributed by atoms with Gasteiger partial charge in [-0.05, 0) is 38.3 Å². The molecule has 0 unspecified atom stereocenters. The summed E-state index contributed by atoms with van der Waals surface area (Å²) in [6, 6.07) is 5.23. The number of rotatable bonds is 7. The van der Waals surface area contributed by atoms with Gasteiger partial charge in [-0.15, -0.1) is 0 Å². The molecule has 4 heteroatoms. The number of carboxylic acid groups (broad SMARTS) is 1. The fourth-order valence-electron chi connectivity index (χ4n) is 1.91. The maximum Gasteiger partial charge on any atom is 2.00 e. The summed E-state index contributed by atoms with van der Waals surface area (Å²) in [5, 5.41) is 9.11. The normalized spacial score (nSPS) is 9.88. The van der Waals surface area contributed by atoms with E-state index in [2.05, 4.69) is 32.7 Å². The number of carbonyl (C=O) groups is 1. The van der Waals surface area contributed by atoms with Crippen LogP contribution in [-0.4, -0.2) is 16.8 Å². The summed E-state index contributed by atoms with van der Waals surface area (Å²) in [6.07, 6.45) is 7.78. The second-order valence-corrected chi connectivity index (χ2v) is 5.93. The average Bonchev–Trinajstić information content (AvgIpc) is 2.56. The molecule has 0 atom stereocenters. The van der Waals surface area contributed by atoms with Crippen molar-refractivity contribution in [3.8, 4) is 0 Å². The molecule has 1 rings (SSSR count). The zero-order valence-electron chi connectivity index (χ0n) is 17.4. The monoisotopic (exact) mass is 585 g/mol. The smallest absolute Gasteiger partial charge is 0.478 e. The van der Waals surface area contributed by atoms with Crippen LogP contribution in [0.4, 0.5) is 5.69 Å². The second kappa shape index (κ2) is 20.7. The van der Waals surface area contributed by atoms with Crippen molar-refractivity contribution in [3.05, 3.63) is 43.2 Å². The fraction of sp³-hybridized carbons (Fsp3) is 0.545. The van der Waals surface area contributed by atoms with Crippen molar-refractivity contribution >= 4 is 17.4 Å². The molecule has 0 fully saturated rings. The molecular formula is C22H37NO2U. The van der Waals surface area contributed by atoms with Crippen LogP contribution in [0.15, 0.2) is 23.2 Å². The number of carboxylic acids is 1. The largest absolute Gasteiger partial charge is 2.00 e. The first-order valence-electron chi connectivity index (χ1n) is 9.34. The van der Waals surface area contributed by atoms with Gasteiger partial charge in [-0.3, -0.25) is 4.99 Å². The zero-order chi connectivity index (χ0) is 19.7. The van der Waals surface area contributed by atoms with Crippen LogP contribution in [0.1, 0.15) is 88.6 Å². The Kier molecular flexibility index (Phi) is 24.0. The van der Waals surface area contributed by atoms with Gasteiger partial charge in [0.05, 0.1) is 11.3 Å². The van der Waals surface area contributed by atoms with Gasteiger partial charge in [0.1, 0.15) is 0 Å². The topological polar surface area (TPSA) is 49.7 Å². The number of aromatic carboxylic acids is 1. The van der Waals surface area contributed by atoms with Gasteiger partial charge in [-0.25, -0.2) is 4.79 Å². The zero-order valence-corrected chi connectivity index (χ0v) is 21.6. The Balaban J connectivity index is -0.000000498. The Morgan fingerprint density at radius 3 is 2.04 bits per heavy atom. The molecule has 0 bridgehead atoms. The average molecular weight is 586 g/mol. The van der Waals surface area contributed by atoms with E-state index in [1.54, 1.807) is 12.1 Å². The quantitative estimate of drug-likeness (QED) is 0.272. The van der Waals surface area contributed by atoms with E-state index in [9.17, 15) is 4.79 Å². The summed E-state index contributed by atoms with van der Waals surface area (Å²) in [5.41, 5.74) is 2.76. The summed E-state index contributed by atoms with van der Waals surface area (Å²) < 4.78 is 0. The van der Waals surface area contributed by atoms with Crippen molar-refractivity contribution in [2.75, 3.05) is 0 Å². The standard InChI is InChI=1S/C14H19NO2.C5H11.C3H7.U/c1-4-5-8-11(3)15-13-10(2)7-6-9-12(13)14(16)17;1-3-5-4-2;1-3-2;/h6-7,9H,4-5,8H2,1-3H3,(H,16,17);1,3-5H2,2H3;1,3H2,2H3;/q;2*-1;+2. The van der Waals surface area contributed by atoms with Crippen LogP contribution < -0.4 is 0 Å². The molecule has 0 radical (unpaired) electrons. The van der Waals surface area contributed by atoms with Gasteiger partial charge in [0.25, 0.3) is 0 Å². The number of nitrogens with zero attached hydrogens (tertiary/aromatic N) is 1. The first-order chi connectivity index (χ1) is 11.9. The summed E-state index contributed by atoms with van der Waals surface area (Å²) in [6.45, 7) is 17.3. The molecule has 0 aromatic heterocycles. The van der Waals surface area contributed by atoms with Crippen LogP contribution in [0, 0.1) is 51.9 Å². The minimum absolute atomic E-state index is 0. The van der Waals surface area contributed by atoms with Gasteiger partial charge in [-0.2, -0.15) is 12.8 Å². The van der Waals surface area contributed by atoms with E-state index < -0.39 is 5.97 Å². The Morgan fingerprint density at radius 2 is 1.65 bits per heavy atom. The van der Waals surface area contributed by atoms with E-state index in [4.69, 9.17) is 5.11 Å². The van der Waals surface area contributed by atoms with Gasteiger partial charge in [0.15, 0.2) is 0 Å². The van der Waals surface area contributed by atoms with Crippen molar-refractivity contribution in [2.45, 2.75) is 79.6 Å². The van der Waals surface area contributed by atoms with Crippen molar-refractivity contribution in [1.29, 1.82) is 0 Å². The minimum atomic E-state index is -0.921. The molecule has 0 spiro atoms. The molecule has 0 amide bonds. The third-order valence-corrected chi connectivity index (χ3v) is 3.27.